The summed E-state index contributed by atoms with van der Waals surface area (Å²) >= 11 is 0. The Morgan fingerprint density at radius 2 is 1.26 bits per heavy atom. The van der Waals surface area contributed by atoms with Crippen molar-refractivity contribution in [3.05, 3.63) is 60.3 Å². The van der Waals surface area contributed by atoms with Crippen molar-refractivity contribution in [1.29, 1.82) is 0 Å². The predicted molar refractivity (Wildman–Crippen MR) is 196 cm³/mol. The highest BCUT2D eigenvalue weighted by Gasteiger charge is 2.63. The number of ether oxygens (including phenoxy) is 2. The van der Waals surface area contributed by atoms with E-state index in [-0.39, 0.29) is 43.1 Å². The minimum absolute atomic E-state index is 0.153. The topological polar surface area (TPSA) is 175 Å². The Morgan fingerprint density at radius 1 is 0.741 bits per heavy atom. The van der Waals surface area contributed by atoms with Gasteiger partial charge in [0.1, 0.15) is 23.7 Å². The van der Waals surface area contributed by atoms with E-state index in [0.717, 1.165) is 35.1 Å². The largest absolute Gasteiger partial charge is 0.453 e. The number of amides is 4. The Morgan fingerprint density at radius 3 is 1.81 bits per heavy atom. The Balaban J connectivity index is 1.18. The Bertz CT molecular complexity index is 2120. The maximum atomic E-state index is 13.7. The molecule has 0 radical (unpaired) electrons. The lowest BCUT2D eigenvalue weighted by Gasteiger charge is -2.34. The fourth-order valence-corrected chi connectivity index (χ4v) is 7.59. The molecule has 4 atom stereocenters. The van der Waals surface area contributed by atoms with Crippen LogP contribution < -0.4 is 10.6 Å². The number of imidazole rings is 2. The zero-order valence-corrected chi connectivity index (χ0v) is 31.8. The number of hydrogen-bond acceptors (Lipinski definition) is 8. The smallest absolute Gasteiger partial charge is 0.407 e. The average molecular weight is 821 g/mol. The van der Waals surface area contributed by atoms with Gasteiger partial charge in [-0.25, -0.2) is 19.6 Å². The second-order valence-corrected chi connectivity index (χ2v) is 14.5. The second-order valence-electron chi connectivity index (χ2n) is 14.5. The number of rotatable bonds is 10. The van der Waals surface area contributed by atoms with E-state index in [9.17, 15) is 45.5 Å². The predicted octanol–water partition coefficient (Wildman–Crippen LogP) is 6.79. The molecule has 0 aliphatic carbocycles. The lowest BCUT2D eigenvalue weighted by Crippen LogP contribution is -2.59. The molecule has 2 aromatic heterocycles. The summed E-state index contributed by atoms with van der Waals surface area (Å²) in [5.74, 6) is -5.36. The summed E-state index contributed by atoms with van der Waals surface area (Å²) < 4.78 is 91.3. The Labute approximate surface area is 328 Å². The van der Waals surface area contributed by atoms with E-state index in [0.29, 0.717) is 35.6 Å². The van der Waals surface area contributed by atoms with Gasteiger partial charge in [0.05, 0.1) is 49.2 Å². The highest BCUT2D eigenvalue weighted by Crippen LogP contribution is 2.43. The van der Waals surface area contributed by atoms with E-state index in [4.69, 9.17) is 9.72 Å². The number of nitrogens with zero attached hydrogens (tertiary/aromatic N) is 4. The zero-order valence-electron chi connectivity index (χ0n) is 31.8. The van der Waals surface area contributed by atoms with Crippen LogP contribution in [-0.4, -0.2) is 105 Å². The summed E-state index contributed by atoms with van der Waals surface area (Å²) in [6, 6.07) is 7.92. The molecule has 20 heteroatoms. The van der Waals surface area contributed by atoms with Gasteiger partial charge >= 0.3 is 24.5 Å². The van der Waals surface area contributed by atoms with Gasteiger partial charge in [0.2, 0.25) is 11.8 Å². The van der Waals surface area contributed by atoms with Crippen LogP contribution >= 0.6 is 0 Å². The van der Waals surface area contributed by atoms with E-state index >= 15 is 0 Å². The highest BCUT2D eigenvalue weighted by molar-refractivity contribution is 5.88. The molecule has 312 valence electrons. The van der Waals surface area contributed by atoms with E-state index in [1.165, 1.54) is 18.6 Å². The third-order valence-electron chi connectivity index (χ3n) is 10.5. The van der Waals surface area contributed by atoms with Gasteiger partial charge in [-0.05, 0) is 60.4 Å². The van der Waals surface area contributed by atoms with Gasteiger partial charge in [-0.15, -0.1) is 0 Å². The van der Waals surface area contributed by atoms with Crippen LogP contribution in [0.1, 0.15) is 63.3 Å². The molecule has 6 rings (SSSR count). The number of carbonyl (C=O) groups excluding carboxylic acids is 4. The molecule has 4 amide bonds. The third kappa shape index (κ3) is 8.69. The second kappa shape index (κ2) is 16.6. The van der Waals surface area contributed by atoms with Crippen molar-refractivity contribution >= 4 is 35.0 Å². The fraction of sp³-hybridized carbons (Fsp3) is 0.474. The van der Waals surface area contributed by atoms with Crippen molar-refractivity contribution in [2.75, 3.05) is 27.3 Å². The molecular weight excluding hydrogens is 778 g/mol. The zero-order chi connectivity index (χ0) is 42.1. The van der Waals surface area contributed by atoms with Crippen molar-refractivity contribution < 1.29 is 55.0 Å². The van der Waals surface area contributed by atoms with Crippen LogP contribution in [0.3, 0.4) is 0 Å². The van der Waals surface area contributed by atoms with Crippen molar-refractivity contribution in [3.8, 4) is 22.4 Å². The number of fused-ring (bicyclic) bond motifs is 1. The van der Waals surface area contributed by atoms with Gasteiger partial charge in [0.25, 0.3) is 0 Å². The summed E-state index contributed by atoms with van der Waals surface area (Å²) in [7, 11) is 2.00. The number of carbonyl (C=O) groups is 4. The number of halogens is 6. The summed E-state index contributed by atoms with van der Waals surface area (Å²) in [6.45, 7) is 4.04. The van der Waals surface area contributed by atoms with Gasteiger partial charge in [-0.2, -0.15) is 26.3 Å². The number of H-pyrrole nitrogens is 2. The molecule has 0 unspecified atom stereocenters. The Hall–Kier alpha value is -5.82. The molecule has 58 heavy (non-hydrogen) atoms. The monoisotopic (exact) mass is 820 g/mol. The highest BCUT2D eigenvalue weighted by atomic mass is 19.4. The lowest BCUT2D eigenvalue weighted by molar-refractivity contribution is -0.290. The number of likely N-dealkylation sites (tertiary alicyclic amines) is 2. The molecule has 2 aromatic carbocycles. The van der Waals surface area contributed by atoms with Crippen LogP contribution in [-0.2, 0) is 19.1 Å². The maximum absolute atomic E-state index is 13.7. The summed E-state index contributed by atoms with van der Waals surface area (Å²) in [4.78, 5) is 68.9. The molecule has 4 N–H and O–H groups in total. The molecule has 4 aromatic rings. The van der Waals surface area contributed by atoms with E-state index in [1.807, 2.05) is 44.2 Å². The quantitative estimate of drug-likeness (QED) is 0.127. The first-order chi connectivity index (χ1) is 27.4. The molecule has 4 heterocycles. The van der Waals surface area contributed by atoms with Crippen LogP contribution in [0.25, 0.3) is 33.4 Å². The van der Waals surface area contributed by atoms with Crippen LogP contribution in [0.2, 0.25) is 0 Å². The lowest BCUT2D eigenvalue weighted by atomic mass is 9.96. The minimum Gasteiger partial charge on any atom is -0.453 e. The number of alkyl carbamates (subject to hydrolysis) is 2. The van der Waals surface area contributed by atoms with Crippen molar-refractivity contribution in [2.45, 2.75) is 76.1 Å². The molecule has 0 spiro atoms. The van der Waals surface area contributed by atoms with Crippen LogP contribution in [0.4, 0.5) is 35.9 Å². The number of methoxy groups -OCH3 is 2. The van der Waals surface area contributed by atoms with Gasteiger partial charge in [0, 0.05) is 13.1 Å². The third-order valence-corrected chi connectivity index (χ3v) is 10.5. The molecule has 14 nitrogen and oxygen atoms in total. The number of nitrogens with one attached hydrogen (secondary N) is 4. The first-order valence-corrected chi connectivity index (χ1v) is 18.5. The number of alkyl halides is 6. The SMILES string of the molecule is COC(=O)N[C@H](C(=O)N1CCC[C@H]1c1nc2ccc(-c3ccc(-c4cnc([C@@H]5CCCN5C(=O)[C@@H](NC(=O)OC)C(C(F)(F)F)C(F)(F)F)[nH]4)cc3)cc2[nH]1)C(C)C. The molecule has 2 fully saturated rings. The molecule has 2 saturated heterocycles. The van der Waals surface area contributed by atoms with Crippen molar-refractivity contribution in [2.24, 2.45) is 11.8 Å². The number of aromatic amines is 2. The minimum atomic E-state index is -5.91. The maximum Gasteiger partial charge on any atom is 0.407 e. The fourth-order valence-electron chi connectivity index (χ4n) is 7.59. The van der Waals surface area contributed by atoms with Crippen LogP contribution in [0.5, 0.6) is 0 Å². The first kappa shape index (κ1) is 41.8. The van der Waals surface area contributed by atoms with E-state index < -0.39 is 54.5 Å². The molecular formula is C38H42F6N8O6. The van der Waals surface area contributed by atoms with Gasteiger partial charge in [-0.3, -0.25) is 9.59 Å². The summed E-state index contributed by atoms with van der Waals surface area (Å²) in [5, 5.41) is 4.11. The first-order valence-electron chi connectivity index (χ1n) is 18.5. The summed E-state index contributed by atoms with van der Waals surface area (Å²) in [6.07, 6.45) is -10.8. The molecule has 0 bridgehead atoms. The number of benzene rings is 2. The average Bonchev–Trinajstić information content (AvgIpc) is 4.00. The van der Waals surface area contributed by atoms with Gasteiger partial charge in [0.15, 0.2) is 5.92 Å². The number of aromatic nitrogens is 4. The van der Waals surface area contributed by atoms with Gasteiger partial charge < -0.3 is 39.9 Å². The van der Waals surface area contributed by atoms with E-state index in [2.05, 4.69) is 25.0 Å². The standard InChI is InChI=1S/C38H42F6N8O6/c1-19(2)28(49-35(55)57-3)33(53)52-16-6-8-27(52)32-46-23-14-13-22(17-24(23)47-32)20-9-11-21(12-10-20)25-18-45-31(48-25)26-7-5-15-51(26)34(54)29(50-36(56)58-4)30(37(39,40)41)38(42,43)44/h9-14,17-19,26-30H,5-8,15-16H2,1-4H3,(H,45,48)(H,46,47)(H,49,55)(H,50,56)/t26-,27-,28-,29-/m0/s1. The van der Waals surface area contributed by atoms with E-state index in [1.54, 1.807) is 17.0 Å². The van der Waals surface area contributed by atoms with Crippen LogP contribution in [0, 0.1) is 11.8 Å². The van der Waals surface area contributed by atoms with Crippen molar-refractivity contribution in [1.82, 2.24) is 40.4 Å². The molecule has 2 aliphatic rings. The molecule has 0 saturated carbocycles. The van der Waals surface area contributed by atoms with Crippen LogP contribution in [0.15, 0.2) is 48.7 Å². The number of hydrogen-bond donors (Lipinski definition) is 4. The van der Waals surface area contributed by atoms with Gasteiger partial charge in [-0.1, -0.05) is 44.2 Å². The Kier molecular flexibility index (Phi) is 11.9. The summed E-state index contributed by atoms with van der Waals surface area (Å²) in [5.41, 5.74) is 4.29. The molecule has 2 aliphatic heterocycles. The normalized spacial score (nSPS) is 18.5. The van der Waals surface area contributed by atoms with Crippen molar-refractivity contribution in [3.63, 3.8) is 0 Å².